The number of amides is 1. The first-order valence-corrected chi connectivity index (χ1v) is 10.7. The van der Waals surface area contributed by atoms with Crippen LogP contribution in [0.2, 0.25) is 0 Å². The van der Waals surface area contributed by atoms with Gasteiger partial charge < -0.3 is 4.90 Å². The molecule has 1 fully saturated rings. The molecule has 26 heavy (non-hydrogen) atoms. The first-order valence-electron chi connectivity index (χ1n) is 8.69. The largest absolute Gasteiger partial charge is 0.337 e. The fourth-order valence-electron chi connectivity index (χ4n) is 3.05. The summed E-state index contributed by atoms with van der Waals surface area (Å²) >= 11 is 4.87. The van der Waals surface area contributed by atoms with Crippen LogP contribution in [0.5, 0.6) is 0 Å². The number of aromatic nitrogens is 2. The minimum atomic E-state index is -0.114. The fraction of sp³-hybridized carbons (Fsp3) is 0.421. The zero-order chi connectivity index (χ0) is 18.7. The van der Waals surface area contributed by atoms with Crippen LogP contribution >= 0.6 is 27.7 Å². The highest BCUT2D eigenvalue weighted by Gasteiger charge is 2.28. The van der Waals surface area contributed by atoms with E-state index in [1.165, 1.54) is 6.42 Å². The van der Waals surface area contributed by atoms with E-state index in [9.17, 15) is 9.59 Å². The standard InChI is InChI=1S/C19H22BrN3O2S/c1-3-6-13(4-2)23-18(25)15-12-22(17(24)11-20)10-9-16(15)21-19(23)26-14-7-5-8-14/h3-4,6,14H,1-2,5,7-12H2/b13-6+. The molecule has 0 aromatic carbocycles. The maximum absolute atomic E-state index is 13.3. The Hall–Kier alpha value is -1.60. The second-order valence-electron chi connectivity index (χ2n) is 6.36. The number of halogens is 1. The van der Waals surface area contributed by atoms with Crippen molar-refractivity contribution in [1.82, 2.24) is 14.5 Å². The molecule has 1 aromatic heterocycles. The van der Waals surface area contributed by atoms with Crippen molar-refractivity contribution >= 4 is 39.3 Å². The molecular formula is C19H22BrN3O2S. The molecule has 1 aromatic rings. The third-order valence-corrected chi connectivity index (χ3v) is 6.52. The average molecular weight is 436 g/mol. The quantitative estimate of drug-likeness (QED) is 0.390. The summed E-state index contributed by atoms with van der Waals surface area (Å²) in [7, 11) is 0. The van der Waals surface area contributed by atoms with Crippen molar-refractivity contribution in [2.75, 3.05) is 11.9 Å². The highest BCUT2D eigenvalue weighted by molar-refractivity contribution is 9.09. The van der Waals surface area contributed by atoms with Gasteiger partial charge in [-0.25, -0.2) is 4.98 Å². The van der Waals surface area contributed by atoms with Gasteiger partial charge in [0.1, 0.15) is 0 Å². The lowest BCUT2D eigenvalue weighted by Crippen LogP contribution is -2.41. The Morgan fingerprint density at radius 1 is 1.38 bits per heavy atom. The van der Waals surface area contributed by atoms with Gasteiger partial charge in [-0.05, 0) is 25.0 Å². The van der Waals surface area contributed by atoms with E-state index < -0.39 is 0 Å². The van der Waals surface area contributed by atoms with E-state index in [0.29, 0.717) is 41.2 Å². The van der Waals surface area contributed by atoms with Crippen LogP contribution < -0.4 is 5.56 Å². The summed E-state index contributed by atoms with van der Waals surface area (Å²) in [6.45, 7) is 8.47. The number of fused-ring (bicyclic) bond motifs is 1. The van der Waals surface area contributed by atoms with Crippen molar-refractivity contribution in [2.45, 2.75) is 42.6 Å². The van der Waals surface area contributed by atoms with Gasteiger partial charge in [0.05, 0.1) is 28.8 Å². The Morgan fingerprint density at radius 3 is 2.73 bits per heavy atom. The molecule has 0 atom stereocenters. The number of thioether (sulfide) groups is 1. The number of carbonyl (C=O) groups is 1. The van der Waals surface area contributed by atoms with Crippen LogP contribution in [0.25, 0.3) is 5.70 Å². The molecule has 3 rings (SSSR count). The Bertz CT molecular complexity index is 827. The number of hydrogen-bond donors (Lipinski definition) is 0. The summed E-state index contributed by atoms with van der Waals surface area (Å²) in [5.41, 5.74) is 1.96. The van der Waals surface area contributed by atoms with Gasteiger partial charge in [0.2, 0.25) is 5.91 Å². The molecule has 1 aliphatic carbocycles. The molecule has 1 saturated carbocycles. The van der Waals surface area contributed by atoms with Crippen molar-refractivity contribution in [3.05, 3.63) is 53.0 Å². The first kappa shape index (κ1) is 19.2. The second kappa shape index (κ2) is 8.39. The molecule has 5 nitrogen and oxygen atoms in total. The highest BCUT2D eigenvalue weighted by Crippen LogP contribution is 2.36. The van der Waals surface area contributed by atoms with Crippen molar-refractivity contribution in [3.8, 4) is 0 Å². The van der Waals surface area contributed by atoms with Crippen LogP contribution in [0.1, 0.15) is 30.5 Å². The molecule has 7 heteroatoms. The van der Waals surface area contributed by atoms with E-state index in [0.717, 1.165) is 18.5 Å². The van der Waals surface area contributed by atoms with Crippen molar-refractivity contribution in [2.24, 2.45) is 0 Å². The molecule has 0 N–H and O–H groups in total. The normalized spacial score (nSPS) is 17.4. The molecule has 1 amide bonds. The smallest absolute Gasteiger partial charge is 0.264 e. The van der Waals surface area contributed by atoms with Gasteiger partial charge >= 0.3 is 0 Å². The summed E-state index contributed by atoms with van der Waals surface area (Å²) < 4.78 is 1.62. The Morgan fingerprint density at radius 2 is 2.15 bits per heavy atom. The van der Waals surface area contributed by atoms with E-state index in [1.807, 2.05) is 0 Å². The van der Waals surface area contributed by atoms with Gasteiger partial charge in [-0.1, -0.05) is 53.3 Å². The lowest BCUT2D eigenvalue weighted by molar-refractivity contribution is -0.129. The fourth-order valence-corrected chi connectivity index (χ4v) is 4.73. The summed E-state index contributed by atoms with van der Waals surface area (Å²) in [4.78, 5) is 31.8. The molecular weight excluding hydrogens is 414 g/mol. The number of hydrogen-bond acceptors (Lipinski definition) is 4. The SMILES string of the molecule is C=C/C=C(\C=C)n1c(SC2CCC2)nc2c(c1=O)CN(C(=O)CBr)CC2. The first-order chi connectivity index (χ1) is 12.6. The van der Waals surface area contributed by atoms with E-state index in [2.05, 4.69) is 29.1 Å². The molecule has 0 unspecified atom stereocenters. The van der Waals surface area contributed by atoms with Crippen molar-refractivity contribution in [1.29, 1.82) is 0 Å². The Labute approximate surface area is 166 Å². The second-order valence-corrected chi connectivity index (χ2v) is 8.19. The average Bonchev–Trinajstić information content (AvgIpc) is 2.62. The molecule has 2 aliphatic rings. The van der Waals surface area contributed by atoms with Gasteiger partial charge in [0.25, 0.3) is 5.56 Å². The zero-order valence-electron chi connectivity index (χ0n) is 14.6. The highest BCUT2D eigenvalue weighted by atomic mass is 79.9. The van der Waals surface area contributed by atoms with Gasteiger partial charge in [-0.3, -0.25) is 14.2 Å². The van der Waals surface area contributed by atoms with E-state index >= 15 is 0 Å². The third kappa shape index (κ3) is 3.74. The molecule has 1 aliphatic heterocycles. The molecule has 2 heterocycles. The maximum Gasteiger partial charge on any atom is 0.264 e. The van der Waals surface area contributed by atoms with Crippen LogP contribution in [0, 0.1) is 0 Å². The predicted molar refractivity (Wildman–Crippen MR) is 110 cm³/mol. The van der Waals surface area contributed by atoms with E-state index in [-0.39, 0.29) is 16.8 Å². The summed E-state index contributed by atoms with van der Waals surface area (Å²) in [6, 6.07) is 0. The Balaban J connectivity index is 2.09. The lowest BCUT2D eigenvalue weighted by atomic mass is 10.0. The monoisotopic (exact) mass is 435 g/mol. The number of allylic oxidation sites excluding steroid dienone is 4. The number of carbonyl (C=O) groups excluding carboxylic acids is 1. The summed E-state index contributed by atoms with van der Waals surface area (Å²) in [5.74, 6) is -0.0138. The van der Waals surface area contributed by atoms with Crippen molar-refractivity contribution in [3.63, 3.8) is 0 Å². The minimum absolute atomic E-state index is 0.0138. The van der Waals surface area contributed by atoms with Crippen LogP contribution in [0.15, 0.2) is 41.3 Å². The zero-order valence-corrected chi connectivity index (χ0v) is 17.0. The maximum atomic E-state index is 13.3. The van der Waals surface area contributed by atoms with Crippen LogP contribution in [-0.4, -0.2) is 37.5 Å². The molecule has 0 spiro atoms. The van der Waals surface area contributed by atoms with E-state index in [1.54, 1.807) is 39.5 Å². The molecule has 0 radical (unpaired) electrons. The van der Waals surface area contributed by atoms with E-state index in [4.69, 9.17) is 4.98 Å². The minimum Gasteiger partial charge on any atom is -0.337 e. The van der Waals surface area contributed by atoms with Gasteiger partial charge in [-0.15, -0.1) is 0 Å². The van der Waals surface area contributed by atoms with Crippen LogP contribution in [-0.2, 0) is 17.8 Å². The van der Waals surface area contributed by atoms with Gasteiger partial charge in [-0.2, -0.15) is 0 Å². The van der Waals surface area contributed by atoms with Gasteiger partial charge in [0, 0.05) is 18.2 Å². The molecule has 138 valence electrons. The molecule has 0 bridgehead atoms. The summed E-state index contributed by atoms with van der Waals surface area (Å²) in [6.07, 6.45) is 9.19. The van der Waals surface area contributed by atoms with Gasteiger partial charge in [0.15, 0.2) is 5.16 Å². The van der Waals surface area contributed by atoms with Crippen molar-refractivity contribution < 1.29 is 4.79 Å². The number of rotatable bonds is 6. The van der Waals surface area contributed by atoms with Crippen LogP contribution in [0.4, 0.5) is 0 Å². The lowest BCUT2D eigenvalue weighted by Gasteiger charge is -2.30. The predicted octanol–water partition coefficient (Wildman–Crippen LogP) is 3.38. The number of nitrogens with zero attached hydrogens (tertiary/aromatic N) is 3. The topological polar surface area (TPSA) is 55.2 Å². The Kier molecular flexibility index (Phi) is 6.19. The summed E-state index contributed by atoms with van der Waals surface area (Å²) in [5, 5.41) is 1.48. The van der Waals surface area contributed by atoms with Crippen LogP contribution in [0.3, 0.4) is 0 Å². The molecule has 0 saturated heterocycles. The number of alkyl halides is 1. The third-order valence-electron chi connectivity index (χ3n) is 4.75.